The van der Waals surface area contributed by atoms with Gasteiger partial charge in [-0.15, -0.1) is 0 Å². The van der Waals surface area contributed by atoms with Crippen molar-refractivity contribution in [3.8, 4) is 0 Å². The van der Waals surface area contributed by atoms with Gasteiger partial charge in [-0.2, -0.15) is 13.2 Å². The van der Waals surface area contributed by atoms with Gasteiger partial charge >= 0.3 is 6.68 Å². The smallest absolute Gasteiger partial charge is 0.288 e. The highest BCUT2D eigenvalue weighted by molar-refractivity contribution is 7.66. The summed E-state index contributed by atoms with van der Waals surface area (Å²) in [4.78, 5) is 0. The molecule has 0 rings (SSSR count). The molecule has 52 valence electrons. The number of hydrogen-bond acceptors (Lipinski definition) is 2. The SMILES string of the molecule is FC(F)F.O=[SH](=O)O. The molecule has 0 aromatic rings. The van der Waals surface area contributed by atoms with Crippen LogP contribution >= 0.6 is 0 Å². The van der Waals surface area contributed by atoms with Crippen LogP contribution in [0.5, 0.6) is 0 Å². The van der Waals surface area contributed by atoms with Crippen LogP contribution in [0.4, 0.5) is 13.2 Å². The van der Waals surface area contributed by atoms with E-state index in [-0.39, 0.29) is 0 Å². The third-order valence-corrected chi connectivity index (χ3v) is 0. The van der Waals surface area contributed by atoms with E-state index in [0.717, 1.165) is 0 Å². The fourth-order valence-corrected chi connectivity index (χ4v) is 0. The largest absolute Gasteiger partial charge is 0.379 e. The van der Waals surface area contributed by atoms with Crippen molar-refractivity contribution in [2.45, 2.75) is 6.68 Å². The molecule has 0 fully saturated rings. The summed E-state index contributed by atoms with van der Waals surface area (Å²) < 4.78 is 53.2. The summed E-state index contributed by atoms with van der Waals surface area (Å²) in [5.74, 6) is 0. The lowest BCUT2D eigenvalue weighted by Gasteiger charge is -1.65. The van der Waals surface area contributed by atoms with Gasteiger partial charge in [0.1, 0.15) is 0 Å². The Labute approximate surface area is 44.9 Å². The molecule has 1 N–H and O–H groups in total. The summed E-state index contributed by atoms with van der Waals surface area (Å²) in [7, 11) is -3.12. The maximum Gasteiger partial charge on any atom is 0.379 e. The first-order valence-electron chi connectivity index (χ1n) is 1.22. The maximum absolute atomic E-state index is 9.67. The highest BCUT2D eigenvalue weighted by atomic mass is 32.2. The fourth-order valence-electron chi connectivity index (χ4n) is 0. The normalized spacial score (nSPS) is 8.75. The monoisotopic (exact) mass is 152 g/mol. The number of alkyl halides is 3. The summed E-state index contributed by atoms with van der Waals surface area (Å²) in [6, 6.07) is 0. The number of rotatable bonds is 0. The van der Waals surface area contributed by atoms with Gasteiger partial charge in [-0.25, -0.2) is 8.42 Å². The molecule has 0 saturated heterocycles. The van der Waals surface area contributed by atoms with Gasteiger partial charge in [-0.05, 0) is 0 Å². The molecule has 0 bridgehead atoms. The standard InChI is InChI=1S/CHF3.H2O3S/c2-1(3)4;1-4(2)3/h1H;4H,(H,1,2,3). The topological polar surface area (TPSA) is 54.4 Å². The number of halogens is 3. The predicted octanol–water partition coefficient (Wildman–Crippen LogP) is 0.249. The molecule has 0 unspecified atom stereocenters. The highest BCUT2D eigenvalue weighted by Crippen LogP contribution is 1.87. The summed E-state index contributed by atoms with van der Waals surface area (Å²) in [5, 5.41) is 0. The van der Waals surface area contributed by atoms with E-state index < -0.39 is 17.7 Å². The van der Waals surface area contributed by atoms with Gasteiger partial charge in [0.05, 0.1) is 0 Å². The maximum atomic E-state index is 9.67. The van der Waals surface area contributed by atoms with Gasteiger partial charge < -0.3 is 0 Å². The third-order valence-electron chi connectivity index (χ3n) is 0. The summed E-state index contributed by atoms with van der Waals surface area (Å²) >= 11 is 0. The van der Waals surface area contributed by atoms with Crippen LogP contribution in [-0.2, 0) is 11.0 Å². The van der Waals surface area contributed by atoms with E-state index in [1.165, 1.54) is 0 Å². The van der Waals surface area contributed by atoms with E-state index >= 15 is 0 Å². The Balaban J connectivity index is 0. The molecule has 0 heterocycles. The first-order valence-corrected chi connectivity index (χ1v) is 2.35. The van der Waals surface area contributed by atoms with Gasteiger partial charge in [-0.1, -0.05) is 0 Å². The molecule has 0 aromatic carbocycles. The summed E-state index contributed by atoms with van der Waals surface area (Å²) in [6.07, 6.45) is 0. The minimum atomic E-state index is -3.67. The second kappa shape index (κ2) is 6.70. The van der Waals surface area contributed by atoms with Gasteiger partial charge in [-0.3, -0.25) is 4.55 Å². The minimum absolute atomic E-state index is 3.12. The van der Waals surface area contributed by atoms with Crippen molar-refractivity contribution in [2.75, 3.05) is 0 Å². The molecular formula is CH3F3O3S. The molecular weight excluding hydrogens is 149 g/mol. The Hall–Kier alpha value is -0.300. The number of thiol groups is 1. The predicted molar refractivity (Wildman–Crippen MR) is 20.1 cm³/mol. The zero-order chi connectivity index (χ0) is 7.15. The molecule has 0 aliphatic rings. The van der Waals surface area contributed by atoms with Crippen LogP contribution in [0.25, 0.3) is 0 Å². The van der Waals surface area contributed by atoms with Gasteiger partial charge in [0, 0.05) is 0 Å². The molecule has 8 heavy (non-hydrogen) atoms. The van der Waals surface area contributed by atoms with E-state index in [0.29, 0.717) is 0 Å². The van der Waals surface area contributed by atoms with Crippen molar-refractivity contribution in [1.82, 2.24) is 0 Å². The first kappa shape index (κ1) is 10.6. The molecule has 0 radical (unpaired) electrons. The molecule has 0 saturated carbocycles. The van der Waals surface area contributed by atoms with E-state index in [2.05, 4.69) is 0 Å². The molecule has 0 spiro atoms. The highest BCUT2D eigenvalue weighted by Gasteiger charge is 1.86. The van der Waals surface area contributed by atoms with E-state index in [1.807, 2.05) is 0 Å². The molecule has 7 heteroatoms. The van der Waals surface area contributed by atoms with Crippen molar-refractivity contribution in [1.29, 1.82) is 0 Å². The lowest BCUT2D eigenvalue weighted by Crippen LogP contribution is -1.65. The minimum Gasteiger partial charge on any atom is -0.288 e. The van der Waals surface area contributed by atoms with E-state index in [9.17, 15) is 13.2 Å². The fraction of sp³-hybridized carbons (Fsp3) is 1.00. The van der Waals surface area contributed by atoms with Crippen LogP contribution in [-0.4, -0.2) is 19.6 Å². The first-order chi connectivity index (χ1) is 3.46. The summed E-state index contributed by atoms with van der Waals surface area (Å²) in [6.45, 7) is -3.67. The van der Waals surface area contributed by atoms with E-state index in [1.54, 1.807) is 0 Å². The van der Waals surface area contributed by atoms with Crippen molar-refractivity contribution < 1.29 is 26.1 Å². The zero-order valence-electron chi connectivity index (χ0n) is 3.42. The molecule has 3 nitrogen and oxygen atoms in total. The van der Waals surface area contributed by atoms with E-state index in [4.69, 9.17) is 13.0 Å². The lowest BCUT2D eigenvalue weighted by atomic mass is 11.6. The van der Waals surface area contributed by atoms with Crippen molar-refractivity contribution in [2.24, 2.45) is 0 Å². The van der Waals surface area contributed by atoms with Crippen LogP contribution in [0.3, 0.4) is 0 Å². The van der Waals surface area contributed by atoms with Crippen molar-refractivity contribution >= 4 is 11.0 Å². The second-order valence-electron chi connectivity index (χ2n) is 0.485. The Morgan fingerprint density at radius 3 is 1.25 bits per heavy atom. The quantitative estimate of drug-likeness (QED) is 0.386. The summed E-state index contributed by atoms with van der Waals surface area (Å²) in [5.41, 5.74) is 0. The Bertz CT molecular complexity index is 87.9. The van der Waals surface area contributed by atoms with Gasteiger partial charge in [0.2, 0.25) is 0 Å². The second-order valence-corrected chi connectivity index (χ2v) is 0.961. The molecule has 0 aliphatic heterocycles. The third kappa shape index (κ3) is 1400. The Morgan fingerprint density at radius 1 is 1.25 bits per heavy atom. The zero-order valence-corrected chi connectivity index (χ0v) is 4.32. The average Bonchev–Trinajstić information content (AvgIpc) is 1.25. The number of hydrogen-bond donors (Lipinski definition) is 2. The molecule has 0 aromatic heterocycles. The van der Waals surface area contributed by atoms with Crippen molar-refractivity contribution in [3.05, 3.63) is 0 Å². The van der Waals surface area contributed by atoms with Crippen LogP contribution in [0.1, 0.15) is 0 Å². The van der Waals surface area contributed by atoms with Crippen LogP contribution in [0.15, 0.2) is 0 Å². The van der Waals surface area contributed by atoms with Crippen LogP contribution < -0.4 is 0 Å². The van der Waals surface area contributed by atoms with Crippen LogP contribution in [0, 0.1) is 0 Å². The lowest BCUT2D eigenvalue weighted by molar-refractivity contribution is 0.00819. The van der Waals surface area contributed by atoms with Crippen molar-refractivity contribution in [3.63, 3.8) is 0 Å². The molecule has 0 aliphatic carbocycles. The van der Waals surface area contributed by atoms with Gasteiger partial charge in [0.15, 0.2) is 0 Å². The van der Waals surface area contributed by atoms with Crippen LogP contribution in [0.2, 0.25) is 0 Å². The Morgan fingerprint density at radius 2 is 1.25 bits per heavy atom. The molecule has 0 atom stereocenters. The van der Waals surface area contributed by atoms with Gasteiger partial charge in [0.25, 0.3) is 11.0 Å². The average molecular weight is 152 g/mol. The molecule has 0 amide bonds. The Kier molecular flexibility index (Phi) is 8.91.